The molecule has 2 aromatic carbocycles. The number of fused-ring (bicyclic) bond motifs is 1. The van der Waals surface area contributed by atoms with E-state index in [1.54, 1.807) is 11.3 Å². The zero-order valence-electron chi connectivity index (χ0n) is 13.8. The van der Waals surface area contributed by atoms with E-state index in [2.05, 4.69) is 27.3 Å². The molecule has 3 aromatic rings. The van der Waals surface area contributed by atoms with Crippen molar-refractivity contribution in [3.63, 3.8) is 0 Å². The second-order valence-electron chi connectivity index (χ2n) is 6.27. The summed E-state index contributed by atoms with van der Waals surface area (Å²) >= 11 is 5.20. The first kappa shape index (κ1) is 16.5. The number of urea groups is 1. The minimum atomic E-state index is -0.0579. The zero-order valence-corrected chi connectivity index (χ0v) is 16.2. The lowest BCUT2D eigenvalue weighted by Gasteiger charge is -2.23. The van der Waals surface area contributed by atoms with Crippen LogP contribution in [0.2, 0.25) is 0 Å². The fourth-order valence-electron chi connectivity index (χ4n) is 3.16. The van der Waals surface area contributed by atoms with Crippen LogP contribution in [0.25, 0.3) is 10.2 Å². The highest BCUT2D eigenvalue weighted by atomic mass is 79.9. The highest BCUT2D eigenvalue weighted by Crippen LogP contribution is 2.36. The molecular weight excluding hydrogens is 398 g/mol. The number of thiazole rings is 1. The maximum Gasteiger partial charge on any atom is 0.322 e. The number of hydrogen-bond donors (Lipinski definition) is 1. The van der Waals surface area contributed by atoms with Crippen molar-refractivity contribution in [2.75, 3.05) is 11.9 Å². The van der Waals surface area contributed by atoms with Crippen molar-refractivity contribution >= 4 is 49.2 Å². The van der Waals surface area contributed by atoms with Crippen molar-refractivity contribution < 1.29 is 4.79 Å². The molecule has 0 spiro atoms. The highest BCUT2D eigenvalue weighted by molar-refractivity contribution is 9.10. The maximum absolute atomic E-state index is 12.8. The van der Waals surface area contributed by atoms with Crippen LogP contribution in [0.1, 0.15) is 29.5 Å². The van der Waals surface area contributed by atoms with E-state index < -0.39 is 0 Å². The number of benzene rings is 2. The van der Waals surface area contributed by atoms with Crippen LogP contribution in [0.3, 0.4) is 0 Å². The Labute approximate surface area is 159 Å². The van der Waals surface area contributed by atoms with Crippen LogP contribution in [0, 0.1) is 6.92 Å². The number of aromatic nitrogens is 1. The molecule has 2 heterocycles. The average Bonchev–Trinajstić information content (AvgIpc) is 3.24. The largest absolute Gasteiger partial charge is 0.322 e. The van der Waals surface area contributed by atoms with Crippen LogP contribution >= 0.6 is 27.3 Å². The van der Waals surface area contributed by atoms with Crippen molar-refractivity contribution in [3.05, 3.63) is 57.5 Å². The van der Waals surface area contributed by atoms with Gasteiger partial charge in [-0.1, -0.05) is 34.1 Å². The van der Waals surface area contributed by atoms with E-state index in [-0.39, 0.29) is 12.1 Å². The summed E-state index contributed by atoms with van der Waals surface area (Å²) in [5.41, 5.74) is 2.96. The van der Waals surface area contributed by atoms with Crippen LogP contribution in [0.15, 0.2) is 46.9 Å². The first-order valence-corrected chi connectivity index (χ1v) is 9.92. The van der Waals surface area contributed by atoms with E-state index >= 15 is 0 Å². The first-order valence-electron chi connectivity index (χ1n) is 8.31. The Kier molecular flexibility index (Phi) is 4.48. The number of halogens is 1. The molecule has 2 amide bonds. The second-order valence-corrected chi connectivity index (χ2v) is 8.18. The smallest absolute Gasteiger partial charge is 0.315 e. The van der Waals surface area contributed by atoms with Crippen LogP contribution in [0.4, 0.5) is 10.5 Å². The number of aryl methyl sites for hydroxylation is 1. The summed E-state index contributed by atoms with van der Waals surface area (Å²) in [6.45, 7) is 2.79. The van der Waals surface area contributed by atoms with Gasteiger partial charge in [-0.2, -0.15) is 0 Å². The summed E-state index contributed by atoms with van der Waals surface area (Å²) in [6.07, 6.45) is 1.97. The minimum Gasteiger partial charge on any atom is -0.315 e. The molecule has 1 aliphatic rings. The molecule has 4 nitrogen and oxygen atoms in total. The van der Waals surface area contributed by atoms with Gasteiger partial charge in [-0.25, -0.2) is 9.78 Å². The monoisotopic (exact) mass is 415 g/mol. The number of rotatable bonds is 2. The maximum atomic E-state index is 12.8. The fraction of sp³-hybridized carbons (Fsp3) is 0.263. The van der Waals surface area contributed by atoms with E-state index in [0.29, 0.717) is 0 Å². The van der Waals surface area contributed by atoms with Gasteiger partial charge in [0.25, 0.3) is 0 Å². The summed E-state index contributed by atoms with van der Waals surface area (Å²) in [7, 11) is 0. The van der Waals surface area contributed by atoms with E-state index in [4.69, 9.17) is 4.98 Å². The van der Waals surface area contributed by atoms with E-state index in [0.717, 1.165) is 45.6 Å². The number of likely N-dealkylation sites (tertiary alicyclic amines) is 1. The number of nitrogens with one attached hydrogen (secondary N) is 1. The van der Waals surface area contributed by atoms with Gasteiger partial charge < -0.3 is 10.2 Å². The van der Waals surface area contributed by atoms with Crippen LogP contribution in [0.5, 0.6) is 0 Å². The van der Waals surface area contributed by atoms with Crippen molar-refractivity contribution in [2.45, 2.75) is 25.8 Å². The van der Waals surface area contributed by atoms with Crippen LogP contribution in [-0.2, 0) is 0 Å². The molecule has 1 fully saturated rings. The van der Waals surface area contributed by atoms with Crippen LogP contribution in [-0.4, -0.2) is 22.5 Å². The van der Waals surface area contributed by atoms with Crippen LogP contribution < -0.4 is 5.32 Å². The van der Waals surface area contributed by atoms with Crippen molar-refractivity contribution in [1.82, 2.24) is 9.88 Å². The number of anilines is 1. The summed E-state index contributed by atoms with van der Waals surface area (Å²) < 4.78 is 2.17. The minimum absolute atomic E-state index is 0.0579. The number of para-hydroxylation sites is 1. The molecule has 1 saturated heterocycles. The lowest BCUT2D eigenvalue weighted by molar-refractivity contribution is 0.207. The molecule has 0 bridgehead atoms. The number of carbonyl (C=O) groups is 1. The molecule has 4 rings (SSSR count). The third kappa shape index (κ3) is 3.28. The normalized spacial score (nSPS) is 17.2. The number of carbonyl (C=O) groups excluding carboxylic acids is 1. The Morgan fingerprint density at radius 1 is 1.32 bits per heavy atom. The van der Waals surface area contributed by atoms with E-state index in [1.165, 1.54) is 4.70 Å². The summed E-state index contributed by atoms with van der Waals surface area (Å²) in [5, 5.41) is 4.05. The molecule has 25 heavy (non-hydrogen) atoms. The molecule has 0 saturated carbocycles. The molecule has 0 aliphatic carbocycles. The van der Waals surface area contributed by atoms with Crippen molar-refractivity contribution in [1.29, 1.82) is 0 Å². The van der Waals surface area contributed by atoms with Gasteiger partial charge in [-0.3, -0.25) is 0 Å². The van der Waals surface area contributed by atoms with Gasteiger partial charge in [0, 0.05) is 16.7 Å². The second kappa shape index (κ2) is 6.77. The Balaban J connectivity index is 1.56. The third-order valence-electron chi connectivity index (χ3n) is 4.53. The number of hydrogen-bond acceptors (Lipinski definition) is 3. The first-order chi connectivity index (χ1) is 12.1. The van der Waals surface area contributed by atoms with Gasteiger partial charge in [-0.05, 0) is 49.6 Å². The van der Waals surface area contributed by atoms with Gasteiger partial charge >= 0.3 is 6.03 Å². The highest BCUT2D eigenvalue weighted by Gasteiger charge is 2.32. The lowest BCUT2D eigenvalue weighted by Crippen LogP contribution is -2.34. The van der Waals surface area contributed by atoms with Gasteiger partial charge in [0.1, 0.15) is 5.01 Å². The van der Waals surface area contributed by atoms with Gasteiger partial charge in [0.05, 0.1) is 16.3 Å². The molecule has 1 aromatic heterocycles. The van der Waals surface area contributed by atoms with Gasteiger partial charge in [0.2, 0.25) is 0 Å². The Bertz CT molecular complexity index is 906. The van der Waals surface area contributed by atoms with Gasteiger partial charge in [0.15, 0.2) is 0 Å². The predicted molar refractivity (Wildman–Crippen MR) is 106 cm³/mol. The molecule has 1 N–H and O–H groups in total. The van der Waals surface area contributed by atoms with Gasteiger partial charge in [-0.15, -0.1) is 11.3 Å². The standard InChI is InChI=1S/C19H18BrN3OS/c1-12-8-9-13(11-14(12)20)21-19(24)23-10-4-6-16(23)18-22-15-5-2-3-7-17(15)25-18/h2-3,5,7-9,11,16H,4,6,10H2,1H3,(H,21,24). The Morgan fingerprint density at radius 3 is 2.96 bits per heavy atom. The molecule has 128 valence electrons. The zero-order chi connectivity index (χ0) is 17.4. The molecule has 6 heteroatoms. The Hall–Kier alpha value is -1.92. The van der Waals surface area contributed by atoms with E-state index in [9.17, 15) is 4.79 Å². The number of amides is 2. The van der Waals surface area contributed by atoms with E-state index in [1.807, 2.05) is 48.2 Å². The quantitative estimate of drug-likeness (QED) is 0.579. The van der Waals surface area contributed by atoms with Crippen molar-refractivity contribution in [2.24, 2.45) is 0 Å². The topological polar surface area (TPSA) is 45.2 Å². The summed E-state index contributed by atoms with van der Waals surface area (Å²) in [6, 6.07) is 14.0. The third-order valence-corrected chi connectivity index (χ3v) is 6.52. The molecular formula is C19H18BrN3OS. The lowest BCUT2D eigenvalue weighted by atomic mass is 10.2. The molecule has 1 unspecified atom stereocenters. The fourth-order valence-corrected chi connectivity index (χ4v) is 4.66. The summed E-state index contributed by atoms with van der Waals surface area (Å²) in [4.78, 5) is 19.4. The SMILES string of the molecule is Cc1ccc(NC(=O)N2CCCC2c2nc3ccccc3s2)cc1Br. The number of nitrogens with zero attached hydrogens (tertiary/aromatic N) is 2. The summed E-state index contributed by atoms with van der Waals surface area (Å²) in [5.74, 6) is 0. The van der Waals surface area contributed by atoms with Crippen molar-refractivity contribution in [3.8, 4) is 0 Å². The average molecular weight is 416 g/mol. The predicted octanol–water partition coefficient (Wildman–Crippen LogP) is 5.74. The molecule has 1 aliphatic heterocycles. The molecule has 0 radical (unpaired) electrons. The molecule has 1 atom stereocenters. The Morgan fingerprint density at radius 2 is 2.16 bits per heavy atom.